The third kappa shape index (κ3) is 5.23. The summed E-state index contributed by atoms with van der Waals surface area (Å²) in [6.45, 7) is 1.47. The average molecular weight is 559 g/mol. The summed E-state index contributed by atoms with van der Waals surface area (Å²) in [7, 11) is 0. The Morgan fingerprint density at radius 3 is 2.62 bits per heavy atom. The molecule has 3 atom stereocenters. The van der Waals surface area contributed by atoms with E-state index in [1.807, 2.05) is 6.26 Å². The summed E-state index contributed by atoms with van der Waals surface area (Å²) in [4.78, 5) is 37.3. The SMILES string of the molecule is CSc1nnc(SCSC2=C(C(=O)OCc3ccc([N+](=O)[O-])cc3)N3C(=O)[C@H](C(C)O)[C@H]3S2)s1. The number of rotatable bonds is 10. The van der Waals surface area contributed by atoms with Crippen molar-refractivity contribution in [2.45, 2.75) is 33.7 Å². The number of aliphatic hydroxyl groups excluding tert-OH is 1. The van der Waals surface area contributed by atoms with Crippen LogP contribution in [0.1, 0.15) is 12.5 Å². The van der Waals surface area contributed by atoms with E-state index in [1.54, 1.807) is 6.92 Å². The Morgan fingerprint density at radius 2 is 2.00 bits per heavy atom. The van der Waals surface area contributed by atoms with Gasteiger partial charge in [0.1, 0.15) is 12.0 Å². The first-order valence-corrected chi connectivity index (χ1v) is 14.6. The van der Waals surface area contributed by atoms with Crippen LogP contribution in [0.15, 0.2) is 42.9 Å². The van der Waals surface area contributed by atoms with E-state index in [9.17, 15) is 24.8 Å². The van der Waals surface area contributed by atoms with Gasteiger partial charge in [0.25, 0.3) is 5.69 Å². The zero-order valence-electron chi connectivity index (χ0n) is 17.8. The lowest BCUT2D eigenvalue weighted by molar-refractivity contribution is -0.384. The number of nitro benzene ring substituents is 1. The van der Waals surface area contributed by atoms with Crippen LogP contribution in [0, 0.1) is 16.0 Å². The molecule has 2 aliphatic rings. The minimum atomic E-state index is -0.830. The molecule has 4 rings (SSSR count). The Labute approximate surface area is 215 Å². The van der Waals surface area contributed by atoms with E-state index < -0.39 is 22.9 Å². The molecule has 0 bridgehead atoms. The van der Waals surface area contributed by atoms with Crippen molar-refractivity contribution in [2.24, 2.45) is 5.92 Å². The molecule has 34 heavy (non-hydrogen) atoms. The molecule has 0 saturated carbocycles. The third-order valence-corrected chi connectivity index (χ3v) is 10.7. The number of hydrogen-bond donors (Lipinski definition) is 1. The lowest BCUT2D eigenvalue weighted by Gasteiger charge is -2.43. The van der Waals surface area contributed by atoms with Crippen LogP contribution < -0.4 is 0 Å². The van der Waals surface area contributed by atoms with Gasteiger partial charge in [-0.15, -0.1) is 22.0 Å². The van der Waals surface area contributed by atoms with Crippen molar-refractivity contribution in [3.63, 3.8) is 0 Å². The fourth-order valence-corrected chi connectivity index (χ4v) is 9.12. The molecule has 1 amide bonds. The van der Waals surface area contributed by atoms with E-state index >= 15 is 0 Å². The minimum absolute atomic E-state index is 0.0561. The van der Waals surface area contributed by atoms with Crippen LogP contribution in [0.25, 0.3) is 0 Å². The molecule has 15 heteroatoms. The second kappa shape index (κ2) is 10.9. The number of amides is 1. The van der Waals surface area contributed by atoms with Crippen LogP contribution in [0.2, 0.25) is 0 Å². The van der Waals surface area contributed by atoms with Crippen LogP contribution in [0.5, 0.6) is 0 Å². The van der Waals surface area contributed by atoms with Gasteiger partial charge in [-0.05, 0) is 30.9 Å². The van der Waals surface area contributed by atoms with Crippen LogP contribution in [0.4, 0.5) is 5.69 Å². The molecule has 1 fully saturated rings. The monoisotopic (exact) mass is 558 g/mol. The molecule has 3 heterocycles. The number of thioether (sulfide) groups is 4. The van der Waals surface area contributed by atoms with Gasteiger partial charge in [0.15, 0.2) is 14.4 Å². The number of hydrogen-bond acceptors (Lipinski definition) is 13. The third-order valence-electron chi connectivity index (χ3n) is 4.91. The first kappa shape index (κ1) is 25.3. The van der Waals surface area contributed by atoms with E-state index in [-0.39, 0.29) is 29.3 Å². The van der Waals surface area contributed by atoms with Gasteiger partial charge >= 0.3 is 5.97 Å². The normalized spacial score (nSPS) is 20.2. The molecule has 0 radical (unpaired) electrons. The summed E-state index contributed by atoms with van der Waals surface area (Å²) in [5.41, 5.74) is 0.704. The molecule has 10 nitrogen and oxygen atoms in total. The predicted octanol–water partition coefficient (Wildman–Crippen LogP) is 3.78. The Morgan fingerprint density at radius 1 is 1.29 bits per heavy atom. The summed E-state index contributed by atoms with van der Waals surface area (Å²) < 4.78 is 7.77. The van der Waals surface area contributed by atoms with E-state index in [0.29, 0.717) is 14.9 Å². The second-order valence-electron chi connectivity index (χ2n) is 7.06. The molecule has 1 unspecified atom stereocenters. The number of nitro groups is 1. The highest BCUT2D eigenvalue weighted by Crippen LogP contribution is 2.54. The standard InChI is InChI=1S/C19H18N4O6S5/c1-9(24)12-14(25)22-13(16(26)29-7-10-3-5-11(6-4-10)23(27)28)17(33-15(12)22)31-8-32-19-21-20-18(30-2)34-19/h3-6,9,12,15,24H,7-8H2,1-2H3/t9?,12-,15+/m0/s1. The van der Waals surface area contributed by atoms with Crippen molar-refractivity contribution in [1.82, 2.24) is 15.1 Å². The maximum atomic E-state index is 13.0. The minimum Gasteiger partial charge on any atom is -0.456 e. The number of carbonyl (C=O) groups excluding carboxylic acids is 2. The first-order chi connectivity index (χ1) is 16.3. The summed E-state index contributed by atoms with van der Waals surface area (Å²) >= 11 is 7.27. The zero-order valence-corrected chi connectivity index (χ0v) is 21.9. The number of carbonyl (C=O) groups is 2. The molecule has 0 spiro atoms. The van der Waals surface area contributed by atoms with E-state index in [4.69, 9.17) is 4.74 Å². The van der Waals surface area contributed by atoms with Crippen LogP contribution in [0.3, 0.4) is 0 Å². The van der Waals surface area contributed by atoms with Crippen molar-refractivity contribution < 1.29 is 24.4 Å². The molecule has 1 aromatic carbocycles. The van der Waals surface area contributed by atoms with Gasteiger partial charge in [-0.1, -0.05) is 46.6 Å². The van der Waals surface area contributed by atoms with Crippen LogP contribution in [-0.4, -0.2) is 59.8 Å². The number of β-lactam (4-membered cyclic amide) rings is 1. The molecule has 0 aliphatic carbocycles. The highest BCUT2D eigenvalue weighted by Gasteiger charge is 2.58. The topological polar surface area (TPSA) is 136 Å². The lowest BCUT2D eigenvalue weighted by Crippen LogP contribution is -2.60. The predicted molar refractivity (Wildman–Crippen MR) is 133 cm³/mol. The number of benzene rings is 1. The molecule has 2 aromatic rings. The van der Waals surface area contributed by atoms with E-state index in [0.717, 1.165) is 8.68 Å². The van der Waals surface area contributed by atoms with Gasteiger partial charge in [0.05, 0.1) is 26.3 Å². The number of esters is 1. The number of non-ortho nitro benzene ring substituents is 1. The molecular weight excluding hydrogens is 541 g/mol. The largest absolute Gasteiger partial charge is 0.456 e. The number of aromatic nitrogens is 2. The summed E-state index contributed by atoms with van der Waals surface area (Å²) in [6, 6.07) is 5.71. The Bertz CT molecular complexity index is 1140. The van der Waals surface area contributed by atoms with Crippen molar-refractivity contribution in [3.8, 4) is 0 Å². The van der Waals surface area contributed by atoms with Crippen molar-refractivity contribution >= 4 is 75.9 Å². The fraction of sp³-hybridized carbons (Fsp3) is 0.368. The van der Waals surface area contributed by atoms with Gasteiger partial charge < -0.3 is 9.84 Å². The number of nitrogens with zero attached hydrogens (tertiary/aromatic N) is 4. The van der Waals surface area contributed by atoms with Gasteiger partial charge in [0, 0.05) is 12.1 Å². The lowest BCUT2D eigenvalue weighted by atomic mass is 9.92. The summed E-state index contributed by atoms with van der Waals surface area (Å²) in [6.07, 6.45) is 1.10. The highest BCUT2D eigenvalue weighted by atomic mass is 32.2. The van der Waals surface area contributed by atoms with Crippen molar-refractivity contribution in [2.75, 3.05) is 11.3 Å². The van der Waals surface area contributed by atoms with Crippen LogP contribution in [-0.2, 0) is 20.9 Å². The summed E-state index contributed by atoms with van der Waals surface area (Å²) in [5.74, 6) is -1.55. The van der Waals surface area contributed by atoms with Gasteiger partial charge in [-0.25, -0.2) is 4.79 Å². The van der Waals surface area contributed by atoms with Gasteiger partial charge in [-0.2, -0.15) is 0 Å². The van der Waals surface area contributed by atoms with Gasteiger partial charge in [0.2, 0.25) is 5.91 Å². The molecular formula is C19H18N4O6S5. The second-order valence-corrected chi connectivity index (χ2v) is 13.1. The molecule has 1 aromatic heterocycles. The molecule has 2 aliphatic heterocycles. The molecule has 1 saturated heterocycles. The van der Waals surface area contributed by atoms with Crippen molar-refractivity contribution in [1.29, 1.82) is 0 Å². The Kier molecular flexibility index (Phi) is 8.09. The number of fused-ring (bicyclic) bond motifs is 1. The smallest absolute Gasteiger partial charge is 0.357 e. The Balaban J connectivity index is 1.45. The zero-order chi connectivity index (χ0) is 24.4. The molecule has 1 N–H and O–H groups in total. The average Bonchev–Trinajstić information content (AvgIpc) is 3.40. The number of aliphatic hydroxyl groups is 1. The van der Waals surface area contributed by atoms with E-state index in [1.165, 1.54) is 87.5 Å². The molecule has 180 valence electrons. The summed E-state index contributed by atoms with van der Waals surface area (Å²) in [5, 5.41) is 29.2. The Hall–Kier alpha value is -1.78. The van der Waals surface area contributed by atoms with Crippen LogP contribution >= 0.6 is 58.4 Å². The maximum Gasteiger partial charge on any atom is 0.357 e. The van der Waals surface area contributed by atoms with Crippen molar-refractivity contribution in [3.05, 3.63) is 49.9 Å². The quantitative estimate of drug-likeness (QED) is 0.113. The fourth-order valence-electron chi connectivity index (χ4n) is 3.24. The van der Waals surface area contributed by atoms with E-state index in [2.05, 4.69) is 10.2 Å². The highest BCUT2D eigenvalue weighted by molar-refractivity contribution is 8.28. The number of ether oxygens (including phenoxy) is 1. The maximum absolute atomic E-state index is 13.0. The van der Waals surface area contributed by atoms with Gasteiger partial charge in [-0.3, -0.25) is 19.8 Å². The first-order valence-electron chi connectivity index (χ1n) is 9.75.